The van der Waals surface area contributed by atoms with E-state index >= 15 is 0 Å². The molecule has 0 aromatic heterocycles. The van der Waals surface area contributed by atoms with E-state index in [4.69, 9.17) is 0 Å². The minimum absolute atomic E-state index is 0.487. The maximum Gasteiger partial charge on any atom is -0.00753 e. The molecule has 5 fully saturated rings. The van der Waals surface area contributed by atoms with Gasteiger partial charge in [0.1, 0.15) is 0 Å². The van der Waals surface area contributed by atoms with Gasteiger partial charge < -0.3 is 0 Å². The molecule has 0 amide bonds. The summed E-state index contributed by atoms with van der Waals surface area (Å²) in [5.41, 5.74) is 5.10. The molecule has 0 nitrogen and oxygen atoms in total. The summed E-state index contributed by atoms with van der Waals surface area (Å²) < 4.78 is 0. The molecule has 0 radical (unpaired) electrons. The van der Waals surface area contributed by atoms with Gasteiger partial charge in [-0.05, 0) is 89.7 Å². The van der Waals surface area contributed by atoms with Crippen LogP contribution in [0.2, 0.25) is 0 Å². The first-order valence-electron chi connectivity index (χ1n) is 20.7. The number of hydrogen-bond donors (Lipinski definition) is 0. The molecule has 0 spiro atoms. The largest absolute Gasteiger partial charge is 0.0625 e. The van der Waals surface area contributed by atoms with Gasteiger partial charge in [0.15, 0.2) is 0 Å². The van der Waals surface area contributed by atoms with E-state index in [2.05, 4.69) is 112 Å². The fraction of sp³-hybridized carbons (Fsp3) is 0.625. The topological polar surface area (TPSA) is 0 Å². The fourth-order valence-corrected chi connectivity index (χ4v) is 10.1. The lowest BCUT2D eigenvalue weighted by Crippen LogP contribution is -2.20. The minimum atomic E-state index is 0.487. The summed E-state index contributed by atoms with van der Waals surface area (Å²) in [6.45, 7) is 7.14. The summed E-state index contributed by atoms with van der Waals surface area (Å²) in [5.74, 6) is 5.80. The second-order valence-corrected chi connectivity index (χ2v) is 16.9. The Labute approximate surface area is 296 Å². The van der Waals surface area contributed by atoms with Gasteiger partial charge in [0.25, 0.3) is 0 Å². The summed E-state index contributed by atoms with van der Waals surface area (Å²) in [6.07, 6.45) is 29.4. The van der Waals surface area contributed by atoms with Gasteiger partial charge >= 0.3 is 0 Å². The minimum Gasteiger partial charge on any atom is -0.0625 e. The van der Waals surface area contributed by atoms with Crippen molar-refractivity contribution in [2.24, 2.45) is 23.7 Å². The Morgan fingerprint density at radius 1 is 0.458 bits per heavy atom. The lowest BCUT2D eigenvalue weighted by molar-refractivity contribution is 0.196. The molecule has 5 aliphatic carbocycles. The van der Waals surface area contributed by atoms with Crippen LogP contribution in [-0.4, -0.2) is 0 Å². The molecular weight excluding hydrogens is 577 g/mol. The molecular formula is C48H70. The molecule has 0 saturated heterocycles. The molecule has 0 heterocycles. The summed E-state index contributed by atoms with van der Waals surface area (Å²) in [4.78, 5) is 0. The van der Waals surface area contributed by atoms with Crippen molar-refractivity contribution in [3.63, 3.8) is 0 Å². The van der Waals surface area contributed by atoms with Gasteiger partial charge in [0.2, 0.25) is 0 Å². The zero-order valence-electron chi connectivity index (χ0n) is 31.3. The van der Waals surface area contributed by atoms with Gasteiger partial charge in [-0.3, -0.25) is 0 Å². The standard InChI is InChI=1S/3C12H16.C12H22/c1-12(9-5-6-10-12)11-7-3-2-4-8-11;1-10-6-5-9-12(10)11-7-3-2-4-8-11;1-10-7-8-12(9-10)11-5-3-2-4-6-11;1-3-7-11(8-4-1)12-9-5-2-6-10-12/h2-4,7-8H,5-6,9-10H2,1H3;2-4,7-8,10,12H,5-6,9H2,1H3;2-6,10,12H,7-9H2,1H3;11-12H,1-10H2. The van der Waals surface area contributed by atoms with Crippen LogP contribution in [0.3, 0.4) is 0 Å². The highest BCUT2D eigenvalue weighted by atomic mass is 14.3. The predicted molar refractivity (Wildman–Crippen MR) is 210 cm³/mol. The summed E-state index contributed by atoms with van der Waals surface area (Å²) in [7, 11) is 0. The molecule has 3 aromatic rings. The molecule has 262 valence electrons. The Morgan fingerprint density at radius 3 is 1.42 bits per heavy atom. The molecule has 0 heteroatoms. The Morgan fingerprint density at radius 2 is 0.958 bits per heavy atom. The molecule has 0 bridgehead atoms. The highest BCUT2D eigenvalue weighted by Gasteiger charge is 2.30. The third-order valence-corrected chi connectivity index (χ3v) is 13.2. The zero-order chi connectivity index (χ0) is 33.4. The second kappa shape index (κ2) is 19.7. The Kier molecular flexibility index (Phi) is 15.2. The molecule has 4 atom stereocenters. The van der Waals surface area contributed by atoms with Crippen molar-refractivity contribution in [1.82, 2.24) is 0 Å². The lowest BCUT2D eigenvalue weighted by atomic mass is 9.73. The van der Waals surface area contributed by atoms with Crippen LogP contribution < -0.4 is 0 Å². The van der Waals surface area contributed by atoms with Crippen molar-refractivity contribution >= 4 is 0 Å². The average Bonchev–Trinajstić information content (AvgIpc) is 3.93. The van der Waals surface area contributed by atoms with Crippen LogP contribution in [-0.2, 0) is 5.41 Å². The number of rotatable bonds is 4. The summed E-state index contributed by atoms with van der Waals surface area (Å²) in [6, 6.07) is 32.8. The SMILES string of the molecule is C1CCC(C2CCCCC2)CC1.CC1(c2ccccc2)CCCC1.CC1CCC(c2ccccc2)C1.CC1CCCC1c1ccccc1. The maximum atomic E-state index is 2.40. The van der Waals surface area contributed by atoms with E-state index in [-0.39, 0.29) is 0 Å². The molecule has 5 aliphatic rings. The van der Waals surface area contributed by atoms with Gasteiger partial charge in [-0.25, -0.2) is 0 Å². The average molecular weight is 647 g/mol. The highest BCUT2D eigenvalue weighted by Crippen LogP contribution is 2.41. The first-order chi connectivity index (χ1) is 23.5. The van der Waals surface area contributed by atoms with E-state index in [0.717, 1.165) is 35.5 Å². The molecule has 48 heavy (non-hydrogen) atoms. The summed E-state index contributed by atoms with van der Waals surface area (Å²) in [5, 5.41) is 0. The van der Waals surface area contributed by atoms with E-state index in [9.17, 15) is 0 Å². The van der Waals surface area contributed by atoms with Gasteiger partial charge in [0, 0.05) is 0 Å². The van der Waals surface area contributed by atoms with Crippen molar-refractivity contribution in [3.05, 3.63) is 108 Å². The van der Waals surface area contributed by atoms with Crippen LogP contribution in [0.5, 0.6) is 0 Å². The van der Waals surface area contributed by atoms with E-state index < -0.39 is 0 Å². The van der Waals surface area contributed by atoms with Gasteiger partial charge in [-0.1, -0.05) is 208 Å². The van der Waals surface area contributed by atoms with Gasteiger partial charge in [0.05, 0.1) is 0 Å². The third-order valence-electron chi connectivity index (χ3n) is 13.2. The number of hydrogen-bond acceptors (Lipinski definition) is 0. The molecule has 4 unspecified atom stereocenters. The van der Waals surface area contributed by atoms with Crippen molar-refractivity contribution in [2.45, 2.75) is 166 Å². The highest BCUT2D eigenvalue weighted by molar-refractivity contribution is 5.25. The molecule has 0 N–H and O–H groups in total. The molecule has 3 aromatic carbocycles. The maximum absolute atomic E-state index is 2.40. The van der Waals surface area contributed by atoms with Crippen LogP contribution in [0.15, 0.2) is 91.0 Å². The van der Waals surface area contributed by atoms with Crippen LogP contribution >= 0.6 is 0 Å². The molecule has 5 saturated carbocycles. The van der Waals surface area contributed by atoms with Crippen molar-refractivity contribution in [3.8, 4) is 0 Å². The fourth-order valence-electron chi connectivity index (χ4n) is 10.1. The first-order valence-corrected chi connectivity index (χ1v) is 20.7. The Balaban J connectivity index is 0.000000125. The molecule has 0 aliphatic heterocycles. The van der Waals surface area contributed by atoms with E-state index in [0.29, 0.717) is 5.41 Å². The van der Waals surface area contributed by atoms with Gasteiger partial charge in [-0.15, -0.1) is 0 Å². The van der Waals surface area contributed by atoms with E-state index in [1.807, 2.05) is 0 Å². The van der Waals surface area contributed by atoms with E-state index in [1.165, 1.54) is 108 Å². The van der Waals surface area contributed by atoms with Gasteiger partial charge in [-0.2, -0.15) is 0 Å². The van der Waals surface area contributed by atoms with Crippen LogP contribution in [0, 0.1) is 23.7 Å². The first kappa shape index (κ1) is 36.9. The van der Waals surface area contributed by atoms with Crippen LogP contribution in [0.25, 0.3) is 0 Å². The van der Waals surface area contributed by atoms with Crippen LogP contribution in [0.4, 0.5) is 0 Å². The third kappa shape index (κ3) is 11.4. The van der Waals surface area contributed by atoms with Crippen molar-refractivity contribution < 1.29 is 0 Å². The molecule has 8 rings (SSSR count). The Bertz CT molecular complexity index is 1210. The normalized spacial score (nSPS) is 27.1. The smallest absolute Gasteiger partial charge is 0.00753 e. The predicted octanol–water partition coefficient (Wildman–Crippen LogP) is 14.8. The zero-order valence-corrected chi connectivity index (χ0v) is 31.3. The summed E-state index contributed by atoms with van der Waals surface area (Å²) >= 11 is 0. The number of benzene rings is 3. The van der Waals surface area contributed by atoms with Crippen molar-refractivity contribution in [1.29, 1.82) is 0 Å². The monoisotopic (exact) mass is 647 g/mol. The Hall–Kier alpha value is -2.34. The van der Waals surface area contributed by atoms with Crippen molar-refractivity contribution in [2.75, 3.05) is 0 Å². The second-order valence-electron chi connectivity index (χ2n) is 16.9. The lowest BCUT2D eigenvalue weighted by Gasteiger charge is -2.32. The quantitative estimate of drug-likeness (QED) is 0.265. The van der Waals surface area contributed by atoms with Crippen LogP contribution in [0.1, 0.15) is 178 Å². The van der Waals surface area contributed by atoms with E-state index in [1.54, 1.807) is 36.8 Å².